The van der Waals surface area contributed by atoms with E-state index in [1.807, 2.05) is 0 Å². The molecule has 0 fully saturated rings. The highest BCUT2D eigenvalue weighted by atomic mass is 32.2. The Labute approximate surface area is 142 Å². The third-order valence-corrected chi connectivity index (χ3v) is 0.167. The zero-order valence-electron chi connectivity index (χ0n) is 13.3. The lowest BCUT2D eigenvalue weighted by molar-refractivity contribution is 0.488. The summed E-state index contributed by atoms with van der Waals surface area (Å²) < 4.78 is 103. The molecule has 0 radical (unpaired) electrons. The van der Waals surface area contributed by atoms with Crippen LogP contribution in [-0.4, -0.2) is 90.0 Å². The Morgan fingerprint density at radius 2 is 0.542 bits per heavy atom. The fraction of sp³-hybridized carbons (Fsp3) is 1.00. The standard InChI is InChI=1S/C2H8N2.4CH4O3S/c3-1-2-4;4*1-5(2,3)4/h1-4H2;4*1H3,(H,2,3,4). The van der Waals surface area contributed by atoms with Gasteiger partial charge in [0.2, 0.25) is 0 Å². The van der Waals surface area contributed by atoms with E-state index >= 15 is 0 Å². The van der Waals surface area contributed by atoms with Gasteiger partial charge < -0.3 is 11.5 Å². The first-order valence-electron chi connectivity index (χ1n) is 5.01. The molecule has 8 N–H and O–H groups in total. The van der Waals surface area contributed by atoms with Gasteiger partial charge in [0.15, 0.2) is 0 Å². The average molecular weight is 445 g/mol. The van der Waals surface area contributed by atoms with Gasteiger partial charge in [0.25, 0.3) is 40.5 Å². The van der Waals surface area contributed by atoms with Crippen LogP contribution in [0.15, 0.2) is 0 Å². The second kappa shape index (κ2) is 16.1. The minimum atomic E-state index is -3.67. The average Bonchev–Trinajstić information content (AvgIpc) is 2.05. The van der Waals surface area contributed by atoms with Gasteiger partial charge >= 0.3 is 0 Å². The summed E-state index contributed by atoms with van der Waals surface area (Å²) in [5, 5.41) is 0. The topological polar surface area (TPSA) is 270 Å². The molecule has 14 nitrogen and oxygen atoms in total. The molecule has 0 rings (SSSR count). The maximum Gasteiger partial charge on any atom is 0.261 e. The van der Waals surface area contributed by atoms with Crippen molar-refractivity contribution in [3.63, 3.8) is 0 Å². The molecule has 24 heavy (non-hydrogen) atoms. The number of nitrogens with two attached hydrogens (primary N) is 2. The van der Waals surface area contributed by atoms with Crippen LogP contribution in [0.5, 0.6) is 0 Å². The second-order valence-electron chi connectivity index (χ2n) is 3.51. The first-order chi connectivity index (χ1) is 9.91. The molecule has 0 amide bonds. The van der Waals surface area contributed by atoms with Crippen molar-refractivity contribution in [2.45, 2.75) is 0 Å². The van der Waals surface area contributed by atoms with Gasteiger partial charge in [0, 0.05) is 13.1 Å². The largest absolute Gasteiger partial charge is 0.329 e. The van der Waals surface area contributed by atoms with Crippen LogP contribution < -0.4 is 11.5 Å². The van der Waals surface area contributed by atoms with Crippen LogP contribution in [0.2, 0.25) is 0 Å². The maximum absolute atomic E-state index is 9.19. The highest BCUT2D eigenvalue weighted by Crippen LogP contribution is 1.61. The summed E-state index contributed by atoms with van der Waals surface area (Å²) in [5.74, 6) is 0. The van der Waals surface area contributed by atoms with Crippen molar-refractivity contribution < 1.29 is 51.9 Å². The zero-order valence-corrected chi connectivity index (χ0v) is 16.5. The van der Waals surface area contributed by atoms with Gasteiger partial charge in [-0.3, -0.25) is 18.2 Å². The molecule has 0 bridgehead atoms. The summed E-state index contributed by atoms with van der Waals surface area (Å²) in [7, 11) is -14.7. The summed E-state index contributed by atoms with van der Waals surface area (Å²) in [6, 6.07) is 0. The van der Waals surface area contributed by atoms with Gasteiger partial charge in [0.1, 0.15) is 0 Å². The third kappa shape index (κ3) is 29100. The summed E-state index contributed by atoms with van der Waals surface area (Å²) in [5.41, 5.74) is 9.81. The first kappa shape index (κ1) is 34.8. The molecule has 0 atom stereocenters. The summed E-state index contributed by atoms with van der Waals surface area (Å²) in [4.78, 5) is 0. The molecule has 0 aliphatic heterocycles. The predicted molar refractivity (Wildman–Crippen MR) is 88.0 cm³/mol. The molecular formula is C6H24N2O12S4. The van der Waals surface area contributed by atoms with Gasteiger partial charge in [-0.1, -0.05) is 0 Å². The molecule has 0 aliphatic rings. The fourth-order valence-electron chi connectivity index (χ4n) is 0. The Balaban J connectivity index is -0.0000000628. The lowest BCUT2D eigenvalue weighted by Crippen LogP contribution is -2.11. The quantitative estimate of drug-likeness (QED) is 0.219. The molecule has 0 aromatic rings. The van der Waals surface area contributed by atoms with Crippen molar-refractivity contribution in [2.75, 3.05) is 38.1 Å². The van der Waals surface area contributed by atoms with Gasteiger partial charge in [0.05, 0.1) is 25.0 Å². The number of hydrogen-bond donors (Lipinski definition) is 6. The molecule has 0 aliphatic carbocycles. The normalized spacial score (nSPS) is 10.9. The van der Waals surface area contributed by atoms with Gasteiger partial charge in [-0.05, 0) is 0 Å². The smallest absolute Gasteiger partial charge is 0.261 e. The van der Waals surface area contributed by atoms with Gasteiger partial charge in [-0.2, -0.15) is 33.7 Å². The van der Waals surface area contributed by atoms with E-state index in [4.69, 9.17) is 29.7 Å². The Morgan fingerprint density at radius 1 is 0.500 bits per heavy atom. The molecular weight excluding hydrogens is 420 g/mol. The van der Waals surface area contributed by atoms with E-state index in [1.54, 1.807) is 0 Å². The van der Waals surface area contributed by atoms with Crippen LogP contribution in [0.25, 0.3) is 0 Å². The van der Waals surface area contributed by atoms with Crippen LogP contribution >= 0.6 is 0 Å². The SMILES string of the molecule is CS(=O)(=O)O.CS(=O)(=O)O.CS(=O)(=O)O.CS(=O)(=O)O.NCCN. The third-order valence-electron chi connectivity index (χ3n) is 0.167. The minimum absolute atomic E-state index is 0.597. The summed E-state index contributed by atoms with van der Waals surface area (Å²) in [6.45, 7) is 1.19. The van der Waals surface area contributed by atoms with Crippen molar-refractivity contribution in [1.29, 1.82) is 0 Å². The Bertz CT molecular complexity index is 522. The van der Waals surface area contributed by atoms with E-state index in [1.165, 1.54) is 0 Å². The van der Waals surface area contributed by atoms with Crippen LogP contribution in [0, 0.1) is 0 Å². The van der Waals surface area contributed by atoms with Crippen molar-refractivity contribution in [3.8, 4) is 0 Å². The molecule has 0 saturated carbocycles. The highest BCUT2D eigenvalue weighted by molar-refractivity contribution is 7.85. The van der Waals surface area contributed by atoms with Gasteiger partial charge in [-0.25, -0.2) is 0 Å². The monoisotopic (exact) mass is 444 g/mol. The van der Waals surface area contributed by atoms with Crippen LogP contribution in [0.1, 0.15) is 0 Å². The lowest BCUT2D eigenvalue weighted by Gasteiger charge is -1.72. The van der Waals surface area contributed by atoms with Crippen molar-refractivity contribution in [3.05, 3.63) is 0 Å². The van der Waals surface area contributed by atoms with E-state index in [0.29, 0.717) is 38.1 Å². The molecule has 0 spiro atoms. The van der Waals surface area contributed by atoms with E-state index < -0.39 is 40.5 Å². The number of hydrogen-bond acceptors (Lipinski definition) is 10. The molecule has 0 aromatic heterocycles. The first-order valence-corrected chi connectivity index (χ1v) is 12.4. The van der Waals surface area contributed by atoms with Crippen LogP contribution in [-0.2, 0) is 40.5 Å². The summed E-state index contributed by atoms with van der Waals surface area (Å²) in [6.07, 6.45) is 2.86. The van der Waals surface area contributed by atoms with Crippen LogP contribution in [0.3, 0.4) is 0 Å². The molecule has 0 unspecified atom stereocenters. The molecule has 0 saturated heterocycles. The Morgan fingerprint density at radius 3 is 0.542 bits per heavy atom. The Hall–Kier alpha value is -0.440. The highest BCUT2D eigenvalue weighted by Gasteiger charge is 1.82. The predicted octanol–water partition coefficient (Wildman–Crippen LogP) is -3.08. The fourth-order valence-corrected chi connectivity index (χ4v) is 0. The van der Waals surface area contributed by atoms with E-state index in [-0.39, 0.29) is 0 Å². The van der Waals surface area contributed by atoms with E-state index in [9.17, 15) is 33.7 Å². The van der Waals surface area contributed by atoms with Crippen molar-refractivity contribution in [1.82, 2.24) is 0 Å². The molecule has 154 valence electrons. The molecule has 0 aromatic carbocycles. The maximum atomic E-state index is 9.19. The van der Waals surface area contributed by atoms with E-state index in [2.05, 4.69) is 0 Å². The number of rotatable bonds is 1. The lowest BCUT2D eigenvalue weighted by atomic mass is 10.7. The van der Waals surface area contributed by atoms with Gasteiger partial charge in [-0.15, -0.1) is 0 Å². The van der Waals surface area contributed by atoms with Crippen molar-refractivity contribution in [2.24, 2.45) is 11.5 Å². The second-order valence-corrected chi connectivity index (χ2v) is 9.37. The Kier molecular flexibility index (Phi) is 23.3. The molecule has 18 heteroatoms. The van der Waals surface area contributed by atoms with E-state index in [0.717, 1.165) is 0 Å². The van der Waals surface area contributed by atoms with Crippen LogP contribution in [0.4, 0.5) is 0 Å². The minimum Gasteiger partial charge on any atom is -0.329 e. The summed E-state index contributed by atoms with van der Waals surface area (Å²) >= 11 is 0. The molecule has 0 heterocycles. The van der Waals surface area contributed by atoms with Crippen molar-refractivity contribution >= 4 is 40.5 Å². The zero-order chi connectivity index (χ0) is 21.4.